The molecule has 19 nitrogen and oxygen atoms in total. The van der Waals surface area contributed by atoms with Crippen LogP contribution in [0.4, 0.5) is 0 Å². The van der Waals surface area contributed by atoms with Crippen LogP contribution in [0.15, 0.2) is 0 Å². The number of aliphatic hydroxyl groups is 3. The van der Waals surface area contributed by atoms with E-state index in [9.17, 15) is 48.6 Å². The Morgan fingerprint density at radius 1 is 0.583 bits per heavy atom. The van der Waals surface area contributed by atoms with Crippen LogP contribution in [0, 0.1) is 0 Å². The van der Waals surface area contributed by atoms with Crippen LogP contribution in [0.2, 0.25) is 0 Å². The van der Waals surface area contributed by atoms with Gasteiger partial charge in [0.15, 0.2) is 11.2 Å². The monoisotopic (exact) mass is 556 g/mol. The summed E-state index contributed by atoms with van der Waals surface area (Å²) < 4.78 is 0. The van der Waals surface area contributed by atoms with Crippen molar-refractivity contribution in [1.82, 2.24) is 0 Å². The van der Waals surface area contributed by atoms with Crippen molar-refractivity contribution in [2.45, 2.75) is 49.4 Å². The Hall–Kier alpha value is -3.10. The summed E-state index contributed by atoms with van der Waals surface area (Å²) in [5.41, 5.74) is -5.48. The third-order valence-electron chi connectivity index (χ3n) is 3.20. The number of hydrogen-bond acceptors (Lipinski definition) is 13. The molecule has 0 radical (unpaired) electrons. The quantitative estimate of drug-likeness (QED) is 0.0951. The van der Waals surface area contributed by atoms with Crippen molar-refractivity contribution >= 4 is 85.5 Å². The second kappa shape index (κ2) is 18.2. The molecular weight excluding hydrogens is 536 g/mol. The summed E-state index contributed by atoms with van der Waals surface area (Å²) in [6.07, 6.45) is -7.47. The fourth-order valence-electron chi connectivity index (χ4n) is 1.67. The Morgan fingerprint density at radius 2 is 0.806 bits per heavy atom. The summed E-state index contributed by atoms with van der Waals surface area (Å²) in [6, 6.07) is 0. The summed E-state index contributed by atoms with van der Waals surface area (Å²) >= 11 is 0. The summed E-state index contributed by atoms with van der Waals surface area (Å²) in [5, 5.41) is 95.0. The molecule has 0 fully saturated rings. The molecule has 1 unspecified atom stereocenters. The molecule has 0 aliphatic heterocycles. The van der Waals surface area contributed by atoms with E-state index in [-0.39, 0.29) is 37.7 Å². The standard InChI is InChI=1S/2C6H8O7.C4H6O5.Ca/c2*7-3(8)1-6(13,5(11)12)2-4(9)10;5-2(4(8)9)1-3(6)7;/h2*13H,1-2H2,(H,7,8)(H,9,10)(H,11,12);2,5H,1H2,(H,6,7)(H,8,9);/q;;;+2/p-2. The normalized spacial score (nSPS) is 11.0. The Kier molecular flexibility index (Phi) is 20.3. The molecule has 36 heavy (non-hydrogen) atoms. The van der Waals surface area contributed by atoms with Crippen molar-refractivity contribution < 1.29 is 94.5 Å². The van der Waals surface area contributed by atoms with Crippen LogP contribution in [-0.2, 0) is 38.4 Å². The maximum absolute atomic E-state index is 10.3. The average molecular weight is 556 g/mol. The van der Waals surface area contributed by atoms with Crippen LogP contribution in [0.5, 0.6) is 0 Å². The van der Waals surface area contributed by atoms with Crippen molar-refractivity contribution in [3.63, 3.8) is 0 Å². The molecule has 0 rings (SSSR count). The summed E-state index contributed by atoms with van der Waals surface area (Å²) in [7, 11) is 0. The summed E-state index contributed by atoms with van der Waals surface area (Å²) in [5.74, 6) is -13.5. The van der Waals surface area contributed by atoms with Gasteiger partial charge in [-0.25, -0.2) is 9.59 Å². The van der Waals surface area contributed by atoms with E-state index in [1.54, 1.807) is 0 Å². The molecule has 20 heteroatoms. The molecule has 0 aromatic carbocycles. The third-order valence-corrected chi connectivity index (χ3v) is 3.20. The van der Waals surface area contributed by atoms with E-state index < -0.39 is 97.2 Å². The van der Waals surface area contributed by atoms with E-state index in [4.69, 9.17) is 46.0 Å². The molecule has 0 saturated heterocycles. The average Bonchev–Trinajstić information content (AvgIpc) is 2.58. The zero-order valence-electron chi connectivity index (χ0n) is 17.9. The first-order valence-corrected chi connectivity index (χ1v) is 8.47. The van der Waals surface area contributed by atoms with Crippen molar-refractivity contribution in [2.24, 2.45) is 0 Å². The van der Waals surface area contributed by atoms with Gasteiger partial charge in [0.1, 0.15) is 0 Å². The minimum absolute atomic E-state index is 0. The second-order valence-electron chi connectivity index (χ2n) is 6.37. The van der Waals surface area contributed by atoms with Crippen LogP contribution in [0.3, 0.4) is 0 Å². The van der Waals surface area contributed by atoms with Gasteiger partial charge in [0.05, 0.1) is 37.8 Å². The largest absolute Gasteiger partial charge is 2.00 e. The molecule has 1 atom stereocenters. The summed E-state index contributed by atoms with van der Waals surface area (Å²) in [4.78, 5) is 80.1. The van der Waals surface area contributed by atoms with Gasteiger partial charge in [0.2, 0.25) is 0 Å². The van der Waals surface area contributed by atoms with E-state index in [2.05, 4.69) is 0 Å². The number of carboxylic acids is 8. The smallest absolute Gasteiger partial charge is 0.550 e. The predicted molar refractivity (Wildman–Crippen MR) is 101 cm³/mol. The number of carbonyl (C=O) groups excluding carboxylic acids is 2. The van der Waals surface area contributed by atoms with Crippen LogP contribution in [-0.4, -0.2) is 149 Å². The Balaban J connectivity index is -0.000000214. The van der Waals surface area contributed by atoms with Gasteiger partial charge in [0, 0.05) is 12.4 Å². The van der Waals surface area contributed by atoms with Gasteiger partial charge in [-0.2, -0.15) is 0 Å². The second-order valence-corrected chi connectivity index (χ2v) is 6.37. The SMILES string of the molecule is O=C(O)CC(O)(CC(=O)O)C(=O)O.O=C(O)CC(O)(CC(=O)O)C(=O)O.O=C([O-])CC(O)C(=O)[O-].[Ca+2]. The van der Waals surface area contributed by atoms with Gasteiger partial charge in [-0.15, -0.1) is 0 Å². The maximum atomic E-state index is 10.3. The van der Waals surface area contributed by atoms with Crippen molar-refractivity contribution in [3.05, 3.63) is 0 Å². The van der Waals surface area contributed by atoms with Gasteiger partial charge in [0.25, 0.3) is 0 Å². The summed E-state index contributed by atoms with van der Waals surface area (Å²) in [6.45, 7) is 0. The van der Waals surface area contributed by atoms with Crippen molar-refractivity contribution in [2.75, 3.05) is 0 Å². The number of carboxylic acid groups (broad SMARTS) is 8. The van der Waals surface area contributed by atoms with Gasteiger partial charge < -0.3 is 65.8 Å². The Labute approximate surface area is 228 Å². The minimum atomic E-state index is -2.74. The van der Waals surface area contributed by atoms with Gasteiger partial charge in [-0.1, -0.05) is 0 Å². The van der Waals surface area contributed by atoms with E-state index >= 15 is 0 Å². The van der Waals surface area contributed by atoms with Crippen LogP contribution in [0.25, 0.3) is 0 Å². The van der Waals surface area contributed by atoms with Crippen molar-refractivity contribution in [3.8, 4) is 0 Å². The first-order chi connectivity index (χ1) is 15.6. The topological polar surface area (TPSA) is 365 Å². The van der Waals surface area contributed by atoms with E-state index in [1.165, 1.54) is 0 Å². The predicted octanol–water partition coefficient (Wildman–Crippen LogP) is -6.64. The molecule has 0 aliphatic rings. The van der Waals surface area contributed by atoms with Gasteiger partial charge >= 0.3 is 73.6 Å². The number of carbonyl (C=O) groups is 8. The molecular formula is C16H20CaO19. The van der Waals surface area contributed by atoms with Gasteiger partial charge in [-0.3, -0.25) is 19.2 Å². The fraction of sp³-hybridized carbons (Fsp3) is 0.500. The molecule has 0 aromatic rings. The third kappa shape index (κ3) is 20.3. The number of hydrogen-bond donors (Lipinski definition) is 9. The van der Waals surface area contributed by atoms with Crippen molar-refractivity contribution in [1.29, 1.82) is 0 Å². The first kappa shape index (κ1) is 40.1. The Morgan fingerprint density at radius 3 is 0.889 bits per heavy atom. The number of aliphatic hydroxyl groups excluding tert-OH is 1. The molecule has 0 heterocycles. The van der Waals surface area contributed by atoms with Crippen LogP contribution >= 0.6 is 0 Å². The zero-order chi connectivity index (χ0) is 28.7. The molecule has 0 spiro atoms. The number of rotatable bonds is 13. The molecule has 200 valence electrons. The van der Waals surface area contributed by atoms with Gasteiger partial charge in [-0.05, 0) is 0 Å². The zero-order valence-corrected chi connectivity index (χ0v) is 20.1. The van der Waals surface area contributed by atoms with Crippen LogP contribution < -0.4 is 10.2 Å². The minimum Gasteiger partial charge on any atom is -0.550 e. The van der Waals surface area contributed by atoms with E-state index in [0.29, 0.717) is 0 Å². The molecule has 0 amide bonds. The molecule has 0 aliphatic carbocycles. The van der Waals surface area contributed by atoms with E-state index in [0.717, 1.165) is 0 Å². The fourth-order valence-corrected chi connectivity index (χ4v) is 1.67. The van der Waals surface area contributed by atoms with Crippen LogP contribution in [0.1, 0.15) is 32.1 Å². The molecule has 9 N–H and O–H groups in total. The Bertz CT molecular complexity index is 749. The number of aliphatic carboxylic acids is 8. The molecule has 0 aromatic heterocycles. The first-order valence-electron chi connectivity index (χ1n) is 8.47. The molecule has 0 saturated carbocycles. The maximum Gasteiger partial charge on any atom is 2.00 e. The van der Waals surface area contributed by atoms with E-state index in [1.807, 2.05) is 0 Å². The molecule has 0 bridgehead atoms.